The molecule has 0 radical (unpaired) electrons. The van der Waals surface area contributed by atoms with Crippen molar-refractivity contribution in [3.63, 3.8) is 0 Å². The number of benzene rings is 1. The number of furan rings is 1. The fourth-order valence-corrected chi connectivity index (χ4v) is 1.97. The molecule has 96 valence electrons. The highest BCUT2D eigenvalue weighted by Gasteiger charge is 2.22. The molecule has 18 heavy (non-hydrogen) atoms. The summed E-state index contributed by atoms with van der Waals surface area (Å²) in [5, 5.41) is 0. The summed E-state index contributed by atoms with van der Waals surface area (Å²) >= 11 is 0. The Hall–Kier alpha value is -1.75. The van der Waals surface area contributed by atoms with E-state index < -0.39 is 23.5 Å². The van der Waals surface area contributed by atoms with E-state index in [1.54, 1.807) is 19.9 Å². The molecule has 0 amide bonds. The van der Waals surface area contributed by atoms with E-state index in [4.69, 9.17) is 10.2 Å². The van der Waals surface area contributed by atoms with Gasteiger partial charge in [0.1, 0.15) is 29.0 Å². The topological polar surface area (TPSA) is 39.2 Å². The second kappa shape index (κ2) is 4.49. The highest BCUT2D eigenvalue weighted by molar-refractivity contribution is 5.35. The van der Waals surface area contributed by atoms with Crippen molar-refractivity contribution in [3.8, 4) is 0 Å². The van der Waals surface area contributed by atoms with Crippen LogP contribution in [0.4, 0.5) is 13.2 Å². The molecule has 2 aromatic rings. The third-order valence-electron chi connectivity index (χ3n) is 2.77. The minimum atomic E-state index is -1.02. The second-order valence-electron chi connectivity index (χ2n) is 4.13. The molecule has 0 aliphatic rings. The monoisotopic (exact) mass is 255 g/mol. The standard InChI is InChI=1S/C13H12F3NO/c1-6-3-9(7(2)18-6)13(17)12-10(15)4-8(14)5-11(12)16/h3-5,13H,17H2,1-2H3. The maximum atomic E-state index is 13.6. The van der Waals surface area contributed by atoms with Crippen molar-refractivity contribution in [2.24, 2.45) is 5.73 Å². The van der Waals surface area contributed by atoms with Crippen LogP contribution in [-0.4, -0.2) is 0 Å². The molecule has 2 rings (SSSR count). The van der Waals surface area contributed by atoms with Gasteiger partial charge >= 0.3 is 0 Å². The Morgan fingerprint density at radius 3 is 2.06 bits per heavy atom. The maximum absolute atomic E-state index is 13.6. The van der Waals surface area contributed by atoms with E-state index in [9.17, 15) is 13.2 Å². The van der Waals surface area contributed by atoms with Gasteiger partial charge in [-0.3, -0.25) is 0 Å². The largest absolute Gasteiger partial charge is 0.466 e. The van der Waals surface area contributed by atoms with E-state index in [2.05, 4.69) is 0 Å². The quantitative estimate of drug-likeness (QED) is 0.893. The van der Waals surface area contributed by atoms with Crippen LogP contribution in [-0.2, 0) is 0 Å². The summed E-state index contributed by atoms with van der Waals surface area (Å²) in [6.45, 7) is 3.36. The molecule has 2 N–H and O–H groups in total. The first-order chi connectivity index (χ1) is 8.40. The van der Waals surface area contributed by atoms with Crippen molar-refractivity contribution in [1.29, 1.82) is 0 Å². The summed E-state index contributed by atoms with van der Waals surface area (Å²) in [5.74, 6) is -1.89. The van der Waals surface area contributed by atoms with Crippen LogP contribution in [0.15, 0.2) is 22.6 Å². The summed E-state index contributed by atoms with van der Waals surface area (Å²) in [7, 11) is 0. The van der Waals surface area contributed by atoms with E-state index in [0.717, 1.165) is 0 Å². The lowest BCUT2D eigenvalue weighted by molar-refractivity contribution is 0.493. The summed E-state index contributed by atoms with van der Waals surface area (Å²) in [6.07, 6.45) is 0. The van der Waals surface area contributed by atoms with Crippen molar-refractivity contribution in [2.75, 3.05) is 0 Å². The number of hydrogen-bond acceptors (Lipinski definition) is 2. The Morgan fingerprint density at radius 2 is 1.61 bits per heavy atom. The van der Waals surface area contributed by atoms with Crippen LogP contribution in [0.1, 0.15) is 28.7 Å². The molecule has 0 saturated heterocycles. The first kappa shape index (κ1) is 12.7. The highest BCUT2D eigenvalue weighted by atomic mass is 19.1. The van der Waals surface area contributed by atoms with Gasteiger partial charge in [0.15, 0.2) is 0 Å². The van der Waals surface area contributed by atoms with Gasteiger partial charge < -0.3 is 10.2 Å². The minimum Gasteiger partial charge on any atom is -0.466 e. The fraction of sp³-hybridized carbons (Fsp3) is 0.231. The predicted molar refractivity (Wildman–Crippen MR) is 60.5 cm³/mol. The van der Waals surface area contributed by atoms with E-state index in [-0.39, 0.29) is 5.56 Å². The molecular formula is C13H12F3NO. The van der Waals surface area contributed by atoms with E-state index in [1.165, 1.54) is 0 Å². The van der Waals surface area contributed by atoms with E-state index in [1.807, 2.05) is 0 Å². The molecule has 0 aliphatic carbocycles. The molecule has 1 unspecified atom stereocenters. The van der Waals surface area contributed by atoms with E-state index >= 15 is 0 Å². The van der Waals surface area contributed by atoms with Gasteiger partial charge in [-0.25, -0.2) is 13.2 Å². The number of halogens is 3. The molecule has 1 aromatic carbocycles. The Bertz CT molecular complexity index is 569. The third-order valence-corrected chi connectivity index (χ3v) is 2.77. The van der Waals surface area contributed by atoms with Crippen LogP contribution in [0.5, 0.6) is 0 Å². The summed E-state index contributed by atoms with van der Waals surface area (Å²) < 4.78 is 45.3. The molecule has 0 fully saturated rings. The van der Waals surface area contributed by atoms with Gasteiger partial charge in [0.25, 0.3) is 0 Å². The van der Waals surface area contributed by atoms with Crippen molar-refractivity contribution >= 4 is 0 Å². The van der Waals surface area contributed by atoms with Crippen LogP contribution in [0, 0.1) is 31.3 Å². The maximum Gasteiger partial charge on any atom is 0.134 e. The van der Waals surface area contributed by atoms with Gasteiger partial charge in [0.2, 0.25) is 0 Å². The summed E-state index contributed by atoms with van der Waals surface area (Å²) in [4.78, 5) is 0. The van der Waals surface area contributed by atoms with Gasteiger partial charge in [0.05, 0.1) is 6.04 Å². The molecule has 1 aromatic heterocycles. The van der Waals surface area contributed by atoms with Crippen molar-refractivity contribution in [2.45, 2.75) is 19.9 Å². The Morgan fingerprint density at radius 1 is 1.06 bits per heavy atom. The van der Waals surface area contributed by atoms with Gasteiger partial charge in [-0.2, -0.15) is 0 Å². The van der Waals surface area contributed by atoms with Crippen LogP contribution in [0.3, 0.4) is 0 Å². The van der Waals surface area contributed by atoms with Gasteiger partial charge in [-0.1, -0.05) is 0 Å². The first-order valence-corrected chi connectivity index (χ1v) is 5.37. The Balaban J connectivity index is 2.52. The molecule has 1 atom stereocenters. The third kappa shape index (κ3) is 2.13. The predicted octanol–water partition coefficient (Wildman–Crippen LogP) is 3.36. The molecule has 0 aliphatic heterocycles. The first-order valence-electron chi connectivity index (χ1n) is 5.37. The lowest BCUT2D eigenvalue weighted by Crippen LogP contribution is -2.16. The SMILES string of the molecule is Cc1cc(C(N)c2c(F)cc(F)cc2F)c(C)o1. The highest BCUT2D eigenvalue weighted by Crippen LogP contribution is 2.29. The zero-order valence-corrected chi connectivity index (χ0v) is 9.93. The van der Waals surface area contributed by atoms with Crippen LogP contribution >= 0.6 is 0 Å². The fourth-order valence-electron chi connectivity index (χ4n) is 1.97. The van der Waals surface area contributed by atoms with Crippen LogP contribution in [0.25, 0.3) is 0 Å². The Kier molecular flexibility index (Phi) is 3.17. The molecule has 5 heteroatoms. The van der Waals surface area contributed by atoms with E-state index in [0.29, 0.717) is 29.2 Å². The summed E-state index contributed by atoms with van der Waals surface area (Å²) in [6, 6.07) is 1.81. The lowest BCUT2D eigenvalue weighted by Gasteiger charge is -2.13. The minimum absolute atomic E-state index is 0.361. The van der Waals surface area contributed by atoms with Gasteiger partial charge in [-0.05, 0) is 19.9 Å². The van der Waals surface area contributed by atoms with Gasteiger partial charge in [0, 0.05) is 23.3 Å². The number of hydrogen-bond donors (Lipinski definition) is 1. The second-order valence-corrected chi connectivity index (χ2v) is 4.13. The molecule has 0 spiro atoms. The van der Waals surface area contributed by atoms with Crippen molar-refractivity contribution in [3.05, 3.63) is 58.3 Å². The smallest absolute Gasteiger partial charge is 0.134 e. The average molecular weight is 255 g/mol. The number of nitrogens with two attached hydrogens (primary N) is 1. The molecule has 1 heterocycles. The van der Waals surface area contributed by atoms with Crippen molar-refractivity contribution < 1.29 is 17.6 Å². The zero-order valence-electron chi connectivity index (χ0n) is 9.93. The van der Waals surface area contributed by atoms with Gasteiger partial charge in [-0.15, -0.1) is 0 Å². The Labute approximate surface area is 102 Å². The summed E-state index contributed by atoms with van der Waals surface area (Å²) in [5.41, 5.74) is 5.94. The molecular weight excluding hydrogens is 243 g/mol. The molecule has 2 nitrogen and oxygen atoms in total. The van der Waals surface area contributed by atoms with Crippen molar-refractivity contribution in [1.82, 2.24) is 0 Å². The number of rotatable bonds is 2. The molecule has 0 bridgehead atoms. The van der Waals surface area contributed by atoms with Crippen LogP contribution in [0.2, 0.25) is 0 Å². The molecule has 0 saturated carbocycles. The average Bonchev–Trinajstić information content (AvgIpc) is 2.56. The van der Waals surface area contributed by atoms with Crippen LogP contribution < -0.4 is 5.73 Å². The normalized spacial score (nSPS) is 12.8. The lowest BCUT2D eigenvalue weighted by atomic mass is 9.98. The number of aryl methyl sites for hydroxylation is 2. The zero-order chi connectivity index (χ0) is 13.4.